The Balaban J connectivity index is 1.57. The second-order valence-corrected chi connectivity index (χ2v) is 7.88. The largest absolute Gasteiger partial charge is 0.497 e. The van der Waals surface area contributed by atoms with Crippen molar-refractivity contribution in [1.29, 1.82) is 0 Å². The fourth-order valence-corrected chi connectivity index (χ4v) is 3.30. The highest BCUT2D eigenvalue weighted by Gasteiger charge is 2.17. The van der Waals surface area contributed by atoms with E-state index in [4.69, 9.17) is 9.47 Å². The first-order valence-electron chi connectivity index (χ1n) is 10.7. The third-order valence-corrected chi connectivity index (χ3v) is 5.13. The molecule has 1 atom stereocenters. The molecule has 0 aliphatic rings. The second-order valence-electron chi connectivity index (χ2n) is 7.88. The van der Waals surface area contributed by atoms with Gasteiger partial charge in [-0.2, -0.15) is 0 Å². The molecular formula is C26H29N3O4. The Morgan fingerprint density at radius 2 is 1.79 bits per heavy atom. The lowest BCUT2D eigenvalue weighted by Crippen LogP contribution is -2.32. The summed E-state index contributed by atoms with van der Waals surface area (Å²) in [7, 11) is 1.59. The van der Waals surface area contributed by atoms with Gasteiger partial charge in [-0.15, -0.1) is 0 Å². The van der Waals surface area contributed by atoms with E-state index in [1.165, 1.54) is 6.92 Å². The number of amides is 2. The van der Waals surface area contributed by atoms with Crippen LogP contribution in [0.3, 0.4) is 0 Å². The van der Waals surface area contributed by atoms with Crippen molar-refractivity contribution in [3.8, 4) is 17.4 Å². The zero-order valence-electron chi connectivity index (χ0n) is 19.3. The highest BCUT2D eigenvalue weighted by molar-refractivity contribution is 5.79. The molecule has 0 bridgehead atoms. The first-order valence-corrected chi connectivity index (χ1v) is 10.7. The Bertz CT molecular complexity index is 1100. The standard InChI is InChI=1S/C26H29N3O4/c1-17-5-6-18(2)24(13-17)33-26-12-7-20(16-28-26)15-27-25(31)14-23(29-19(3)30)21-8-10-22(32-4)11-9-21/h5-13,16,23H,14-15H2,1-4H3,(H,27,31)(H,29,30). The van der Waals surface area contributed by atoms with Crippen molar-refractivity contribution in [2.75, 3.05) is 7.11 Å². The Hall–Kier alpha value is -3.87. The first kappa shape index (κ1) is 23.8. The van der Waals surface area contributed by atoms with E-state index in [1.807, 2.05) is 50.2 Å². The molecule has 2 amide bonds. The number of aromatic nitrogens is 1. The minimum absolute atomic E-state index is 0.118. The summed E-state index contributed by atoms with van der Waals surface area (Å²) >= 11 is 0. The number of pyridine rings is 1. The van der Waals surface area contributed by atoms with E-state index in [9.17, 15) is 9.59 Å². The molecular weight excluding hydrogens is 418 g/mol. The molecule has 0 radical (unpaired) electrons. The molecule has 0 aliphatic carbocycles. The second kappa shape index (κ2) is 11.1. The lowest BCUT2D eigenvalue weighted by Gasteiger charge is -2.18. The molecule has 0 fully saturated rings. The van der Waals surface area contributed by atoms with Crippen LogP contribution in [-0.2, 0) is 16.1 Å². The number of carbonyl (C=O) groups excluding carboxylic acids is 2. The highest BCUT2D eigenvalue weighted by atomic mass is 16.5. The summed E-state index contributed by atoms with van der Waals surface area (Å²) in [5.74, 6) is 1.59. The van der Waals surface area contributed by atoms with Crippen molar-refractivity contribution in [3.63, 3.8) is 0 Å². The molecule has 2 N–H and O–H groups in total. The molecule has 3 aromatic rings. The molecule has 1 aromatic heterocycles. The van der Waals surface area contributed by atoms with E-state index < -0.39 is 6.04 Å². The number of hydrogen-bond acceptors (Lipinski definition) is 5. The Kier molecular flexibility index (Phi) is 8.02. The number of methoxy groups -OCH3 is 1. The Morgan fingerprint density at radius 1 is 1.03 bits per heavy atom. The van der Waals surface area contributed by atoms with Gasteiger partial charge >= 0.3 is 0 Å². The van der Waals surface area contributed by atoms with Crippen molar-refractivity contribution in [2.45, 2.75) is 39.8 Å². The third-order valence-electron chi connectivity index (χ3n) is 5.13. The predicted octanol–water partition coefficient (Wildman–Crippen LogP) is 4.38. The molecule has 7 nitrogen and oxygen atoms in total. The first-order chi connectivity index (χ1) is 15.8. The highest BCUT2D eigenvalue weighted by Crippen LogP contribution is 2.25. The van der Waals surface area contributed by atoms with Gasteiger partial charge in [0.05, 0.1) is 19.6 Å². The molecule has 7 heteroatoms. The van der Waals surface area contributed by atoms with E-state index in [-0.39, 0.29) is 18.2 Å². The van der Waals surface area contributed by atoms with Gasteiger partial charge in [-0.1, -0.05) is 30.3 Å². The molecule has 0 saturated heterocycles. The fraction of sp³-hybridized carbons (Fsp3) is 0.269. The zero-order valence-corrected chi connectivity index (χ0v) is 19.3. The number of nitrogens with one attached hydrogen (secondary N) is 2. The molecule has 0 spiro atoms. The van der Waals surface area contributed by atoms with Crippen LogP contribution in [0.5, 0.6) is 17.4 Å². The van der Waals surface area contributed by atoms with Gasteiger partial charge in [-0.05, 0) is 54.3 Å². The van der Waals surface area contributed by atoms with Gasteiger partial charge in [0.2, 0.25) is 17.7 Å². The normalized spacial score (nSPS) is 11.4. The summed E-state index contributed by atoms with van der Waals surface area (Å²) in [6.07, 6.45) is 1.79. The van der Waals surface area contributed by atoms with Crippen LogP contribution in [0.1, 0.15) is 41.6 Å². The number of hydrogen-bond donors (Lipinski definition) is 2. The zero-order chi connectivity index (χ0) is 23.8. The number of nitrogens with zero attached hydrogens (tertiary/aromatic N) is 1. The van der Waals surface area contributed by atoms with Gasteiger partial charge in [0.1, 0.15) is 11.5 Å². The molecule has 0 saturated carbocycles. The van der Waals surface area contributed by atoms with Gasteiger partial charge in [0.25, 0.3) is 0 Å². The summed E-state index contributed by atoms with van der Waals surface area (Å²) < 4.78 is 11.0. The van der Waals surface area contributed by atoms with Crippen molar-refractivity contribution in [1.82, 2.24) is 15.6 Å². The van der Waals surface area contributed by atoms with Crippen LogP contribution in [0.25, 0.3) is 0 Å². The smallest absolute Gasteiger partial charge is 0.222 e. The lowest BCUT2D eigenvalue weighted by molar-refractivity contribution is -0.122. The number of ether oxygens (including phenoxy) is 2. The average molecular weight is 448 g/mol. The molecule has 2 aromatic carbocycles. The minimum atomic E-state index is -0.431. The van der Waals surface area contributed by atoms with Crippen molar-refractivity contribution >= 4 is 11.8 Å². The van der Waals surface area contributed by atoms with Crippen LogP contribution in [0, 0.1) is 13.8 Å². The summed E-state index contributed by atoms with van der Waals surface area (Å²) in [5, 5.41) is 5.72. The van der Waals surface area contributed by atoms with Crippen LogP contribution in [-0.4, -0.2) is 23.9 Å². The SMILES string of the molecule is COc1ccc(C(CC(=O)NCc2ccc(Oc3cc(C)ccc3C)nc2)NC(C)=O)cc1. The maximum Gasteiger partial charge on any atom is 0.222 e. The molecule has 1 unspecified atom stereocenters. The van der Waals surface area contributed by atoms with Gasteiger partial charge in [-0.3, -0.25) is 9.59 Å². The van der Waals surface area contributed by atoms with Crippen LogP contribution in [0.4, 0.5) is 0 Å². The molecule has 0 aliphatic heterocycles. The number of aryl methyl sites for hydroxylation is 2. The molecule has 33 heavy (non-hydrogen) atoms. The van der Waals surface area contributed by atoms with E-state index >= 15 is 0 Å². The van der Waals surface area contributed by atoms with Crippen molar-refractivity contribution in [3.05, 3.63) is 83.0 Å². The average Bonchev–Trinajstić information content (AvgIpc) is 2.80. The molecule has 3 rings (SSSR count). The third kappa shape index (κ3) is 7.07. The van der Waals surface area contributed by atoms with E-state index in [1.54, 1.807) is 31.5 Å². The maximum atomic E-state index is 12.5. The van der Waals surface area contributed by atoms with Crippen molar-refractivity contribution in [2.24, 2.45) is 0 Å². The van der Waals surface area contributed by atoms with E-state index in [0.717, 1.165) is 28.0 Å². The Labute approximate surface area is 194 Å². The lowest BCUT2D eigenvalue weighted by atomic mass is 10.0. The number of rotatable bonds is 9. The van der Waals surface area contributed by atoms with Gasteiger partial charge in [0.15, 0.2) is 0 Å². The van der Waals surface area contributed by atoms with E-state index in [2.05, 4.69) is 15.6 Å². The van der Waals surface area contributed by atoms with E-state index in [0.29, 0.717) is 18.2 Å². The number of carbonyl (C=O) groups is 2. The quantitative estimate of drug-likeness (QED) is 0.508. The summed E-state index contributed by atoms with van der Waals surface area (Å²) in [6, 6.07) is 16.5. The minimum Gasteiger partial charge on any atom is -0.497 e. The van der Waals surface area contributed by atoms with Gasteiger partial charge in [0, 0.05) is 25.7 Å². The fourth-order valence-electron chi connectivity index (χ4n) is 3.30. The topological polar surface area (TPSA) is 89.6 Å². The number of benzene rings is 2. The molecule has 1 heterocycles. The van der Waals surface area contributed by atoms with Crippen LogP contribution < -0.4 is 20.1 Å². The summed E-state index contributed by atoms with van der Waals surface area (Å²) in [6.45, 7) is 5.75. The van der Waals surface area contributed by atoms with Gasteiger partial charge < -0.3 is 20.1 Å². The van der Waals surface area contributed by atoms with Gasteiger partial charge in [-0.25, -0.2) is 4.98 Å². The van der Waals surface area contributed by atoms with Crippen LogP contribution in [0.15, 0.2) is 60.8 Å². The molecule has 172 valence electrons. The van der Waals surface area contributed by atoms with Crippen LogP contribution in [0.2, 0.25) is 0 Å². The van der Waals surface area contributed by atoms with Crippen LogP contribution >= 0.6 is 0 Å². The summed E-state index contributed by atoms with van der Waals surface area (Å²) in [4.78, 5) is 28.5. The Morgan fingerprint density at radius 3 is 2.42 bits per heavy atom. The van der Waals surface area contributed by atoms with Crippen molar-refractivity contribution < 1.29 is 19.1 Å². The predicted molar refractivity (Wildman–Crippen MR) is 126 cm³/mol. The maximum absolute atomic E-state index is 12.5. The monoisotopic (exact) mass is 447 g/mol. The summed E-state index contributed by atoms with van der Waals surface area (Å²) in [5.41, 5.74) is 3.82.